The molecule has 8 nitrogen and oxygen atoms in total. The molecule has 2 aliphatic heterocycles. The molecule has 0 aliphatic carbocycles. The van der Waals surface area contributed by atoms with Crippen molar-refractivity contribution in [3.05, 3.63) is 71.4 Å². The number of nitrogens with zero attached hydrogens (tertiary/aromatic N) is 4. The molecule has 0 fully saturated rings. The largest absolute Gasteiger partial charge is 0.486 e. The molecule has 0 saturated heterocycles. The molecule has 164 valence electrons. The molecule has 1 atom stereocenters. The number of hydrogen-bond acceptors (Lipinski definition) is 7. The molecule has 0 amide bonds. The summed E-state index contributed by atoms with van der Waals surface area (Å²) in [5.74, 6) is 2.79. The van der Waals surface area contributed by atoms with E-state index in [2.05, 4.69) is 51.0 Å². The number of ether oxygens (including phenoxy) is 2. The fraction of sp³-hybridized carbons (Fsp3) is 0.160. The number of benzene rings is 2. The van der Waals surface area contributed by atoms with Crippen LogP contribution in [0.1, 0.15) is 6.92 Å². The number of aromatic nitrogens is 4. The average molecular weight is 438 g/mol. The second-order valence-electron chi connectivity index (χ2n) is 7.99. The number of aromatic amines is 1. The Kier molecular flexibility index (Phi) is 4.50. The van der Waals surface area contributed by atoms with Crippen LogP contribution < -0.4 is 30.3 Å². The van der Waals surface area contributed by atoms with Gasteiger partial charge in [-0.05, 0) is 31.2 Å². The van der Waals surface area contributed by atoms with E-state index in [1.807, 2.05) is 42.5 Å². The maximum Gasteiger partial charge on any atom is 0.224 e. The van der Waals surface area contributed by atoms with E-state index >= 15 is 0 Å². The van der Waals surface area contributed by atoms with Crippen LogP contribution in [0.15, 0.2) is 60.8 Å². The van der Waals surface area contributed by atoms with Crippen LogP contribution in [0.3, 0.4) is 0 Å². The van der Waals surface area contributed by atoms with Gasteiger partial charge in [-0.25, -0.2) is 4.98 Å². The lowest BCUT2D eigenvalue weighted by molar-refractivity contribution is 0.0996. The zero-order valence-electron chi connectivity index (χ0n) is 18.1. The van der Waals surface area contributed by atoms with Crippen molar-refractivity contribution in [2.75, 3.05) is 23.4 Å². The van der Waals surface area contributed by atoms with Crippen molar-refractivity contribution in [3.8, 4) is 22.8 Å². The third-order valence-corrected chi connectivity index (χ3v) is 5.84. The summed E-state index contributed by atoms with van der Waals surface area (Å²) >= 11 is 0. The maximum absolute atomic E-state index is 6.04. The zero-order chi connectivity index (χ0) is 22.4. The molecule has 2 N–H and O–H groups in total. The van der Waals surface area contributed by atoms with Gasteiger partial charge in [0, 0.05) is 22.8 Å². The Morgan fingerprint density at radius 1 is 1.12 bits per heavy atom. The van der Waals surface area contributed by atoms with Crippen molar-refractivity contribution < 1.29 is 9.47 Å². The van der Waals surface area contributed by atoms with Gasteiger partial charge in [0.2, 0.25) is 5.95 Å². The second kappa shape index (κ2) is 7.67. The Morgan fingerprint density at radius 3 is 2.76 bits per heavy atom. The minimum atomic E-state index is -0.148. The molecule has 8 heteroatoms. The van der Waals surface area contributed by atoms with E-state index in [1.54, 1.807) is 6.20 Å². The Labute approximate surface area is 190 Å². The van der Waals surface area contributed by atoms with Crippen LogP contribution in [0.4, 0.5) is 17.5 Å². The summed E-state index contributed by atoms with van der Waals surface area (Å²) in [5.41, 5.74) is 3.68. The standard InChI is InChI=1S/C25H22N6O2/c1-15-22-16(2)31(17-8-4-3-5-9-17)24-19(23(22)30-29-15)13-27-25(28-24)26-12-18-14-32-20-10-6-7-11-21(20)33-18/h3-11,13,18,29H,1,12,14H2,2H3,(H,26,27,28)/t18-/m0/s1. The quantitative estimate of drug-likeness (QED) is 0.507. The predicted molar refractivity (Wildman–Crippen MR) is 127 cm³/mol. The predicted octanol–water partition coefficient (Wildman–Crippen LogP) is 2.81. The average Bonchev–Trinajstić information content (AvgIpc) is 3.25. The van der Waals surface area contributed by atoms with Gasteiger partial charge in [0.25, 0.3) is 0 Å². The van der Waals surface area contributed by atoms with E-state index in [-0.39, 0.29) is 6.10 Å². The Bertz CT molecular complexity index is 1450. The normalized spacial score (nSPS) is 16.2. The number of anilines is 3. The third-order valence-electron chi connectivity index (χ3n) is 5.84. The summed E-state index contributed by atoms with van der Waals surface area (Å²) in [7, 11) is 0. The van der Waals surface area contributed by atoms with Crippen LogP contribution >= 0.6 is 0 Å². The van der Waals surface area contributed by atoms with Gasteiger partial charge in [-0.2, -0.15) is 10.1 Å². The van der Waals surface area contributed by atoms with E-state index in [4.69, 9.17) is 14.5 Å². The van der Waals surface area contributed by atoms with Crippen LogP contribution in [0.5, 0.6) is 11.5 Å². The molecule has 6 rings (SSSR count). The van der Waals surface area contributed by atoms with Gasteiger partial charge in [0.1, 0.15) is 18.4 Å². The summed E-state index contributed by atoms with van der Waals surface area (Å²) in [5, 5.41) is 12.5. The van der Waals surface area contributed by atoms with Crippen LogP contribution in [0, 0.1) is 0 Å². The first kappa shape index (κ1) is 19.4. The molecule has 0 spiro atoms. The highest BCUT2D eigenvalue weighted by atomic mass is 16.6. The fourth-order valence-corrected chi connectivity index (χ4v) is 4.29. The monoisotopic (exact) mass is 438 g/mol. The number of rotatable bonds is 4. The SMILES string of the molecule is C=c1[nH]nc2c1=C(C)N(c1ccccc1)c1nc(NC[C@H]3COc4ccccc4O3)ncc1-2. The molecule has 4 heterocycles. The highest BCUT2D eigenvalue weighted by Gasteiger charge is 2.28. The summed E-state index contributed by atoms with van der Waals surface area (Å²) in [6.45, 7) is 7.14. The van der Waals surface area contributed by atoms with Crippen molar-refractivity contribution in [1.82, 2.24) is 20.2 Å². The van der Waals surface area contributed by atoms with E-state index in [0.29, 0.717) is 19.1 Å². The zero-order valence-corrected chi connectivity index (χ0v) is 18.1. The van der Waals surface area contributed by atoms with Gasteiger partial charge in [-0.15, -0.1) is 0 Å². The van der Waals surface area contributed by atoms with E-state index in [1.165, 1.54) is 0 Å². The van der Waals surface area contributed by atoms with E-state index in [0.717, 1.165) is 50.5 Å². The Morgan fingerprint density at radius 2 is 1.91 bits per heavy atom. The first-order chi connectivity index (χ1) is 16.2. The number of fused-ring (bicyclic) bond motifs is 4. The maximum atomic E-state index is 6.04. The van der Waals surface area contributed by atoms with Crippen LogP contribution in [0.2, 0.25) is 0 Å². The van der Waals surface area contributed by atoms with Crippen molar-refractivity contribution >= 4 is 29.7 Å². The van der Waals surface area contributed by atoms with Gasteiger partial charge in [0.15, 0.2) is 17.3 Å². The molecule has 0 unspecified atom stereocenters. The van der Waals surface area contributed by atoms with Crippen molar-refractivity contribution in [2.45, 2.75) is 13.0 Å². The van der Waals surface area contributed by atoms with Crippen molar-refractivity contribution in [2.24, 2.45) is 0 Å². The van der Waals surface area contributed by atoms with Crippen molar-refractivity contribution in [3.63, 3.8) is 0 Å². The van der Waals surface area contributed by atoms with Crippen LogP contribution in [-0.4, -0.2) is 39.4 Å². The fourth-order valence-electron chi connectivity index (χ4n) is 4.29. The molecular weight excluding hydrogens is 416 g/mol. The van der Waals surface area contributed by atoms with Gasteiger partial charge in [0.05, 0.1) is 17.5 Å². The molecular formula is C25H22N6O2. The van der Waals surface area contributed by atoms with E-state index in [9.17, 15) is 0 Å². The molecule has 2 aliphatic rings. The number of hydrogen-bond donors (Lipinski definition) is 2. The molecule has 0 saturated carbocycles. The van der Waals surface area contributed by atoms with Gasteiger partial charge < -0.3 is 14.8 Å². The first-order valence-corrected chi connectivity index (χ1v) is 10.8. The van der Waals surface area contributed by atoms with Crippen LogP contribution in [-0.2, 0) is 0 Å². The smallest absolute Gasteiger partial charge is 0.224 e. The highest BCUT2D eigenvalue weighted by Crippen LogP contribution is 2.37. The van der Waals surface area contributed by atoms with Crippen LogP contribution in [0.25, 0.3) is 23.5 Å². The van der Waals surface area contributed by atoms with Gasteiger partial charge in [-0.1, -0.05) is 36.9 Å². The lowest BCUT2D eigenvalue weighted by atomic mass is 10.1. The lowest BCUT2D eigenvalue weighted by Gasteiger charge is -2.30. The van der Waals surface area contributed by atoms with Crippen molar-refractivity contribution in [1.29, 1.82) is 0 Å². The summed E-state index contributed by atoms with van der Waals surface area (Å²) < 4.78 is 11.9. The third kappa shape index (κ3) is 3.27. The molecule has 2 aromatic heterocycles. The molecule has 4 aromatic rings. The van der Waals surface area contributed by atoms with E-state index < -0.39 is 0 Å². The number of nitrogens with one attached hydrogen (secondary N) is 2. The topological polar surface area (TPSA) is 88.2 Å². The second-order valence-corrected chi connectivity index (χ2v) is 7.99. The first-order valence-electron chi connectivity index (χ1n) is 10.8. The minimum absolute atomic E-state index is 0.148. The lowest BCUT2D eigenvalue weighted by Crippen LogP contribution is -2.36. The minimum Gasteiger partial charge on any atom is -0.486 e. The Hall–Kier alpha value is -4.33. The summed E-state index contributed by atoms with van der Waals surface area (Å²) in [6, 6.07) is 17.8. The summed E-state index contributed by atoms with van der Waals surface area (Å²) in [6.07, 6.45) is 1.66. The van der Waals surface area contributed by atoms with Gasteiger partial charge in [-0.3, -0.25) is 10.00 Å². The molecule has 0 bridgehead atoms. The number of para-hydroxylation sites is 3. The molecule has 0 radical (unpaired) electrons. The van der Waals surface area contributed by atoms with Gasteiger partial charge >= 0.3 is 0 Å². The summed E-state index contributed by atoms with van der Waals surface area (Å²) in [4.78, 5) is 11.5. The number of H-pyrrole nitrogens is 1. The molecule has 33 heavy (non-hydrogen) atoms. The highest BCUT2D eigenvalue weighted by molar-refractivity contribution is 5.91. The molecule has 2 aromatic carbocycles. The Balaban J connectivity index is 1.33.